The van der Waals surface area contributed by atoms with Gasteiger partial charge < -0.3 is 15.2 Å². The van der Waals surface area contributed by atoms with Crippen LogP contribution in [0.2, 0.25) is 0 Å². The maximum atomic E-state index is 12.3. The highest BCUT2D eigenvalue weighted by Gasteiger charge is 2.15. The van der Waals surface area contributed by atoms with Gasteiger partial charge in [0.25, 0.3) is 11.6 Å². The number of carbonyl (C=O) groups excluding carboxylic acids is 1. The predicted molar refractivity (Wildman–Crippen MR) is 101 cm³/mol. The number of non-ortho nitro benzene ring substituents is 1. The molecule has 0 atom stereocenters. The number of aromatic nitrogens is 2. The van der Waals surface area contributed by atoms with E-state index in [-0.39, 0.29) is 29.5 Å². The Hall–Kier alpha value is -3.88. The molecule has 1 amide bonds. The van der Waals surface area contributed by atoms with Crippen molar-refractivity contribution in [2.75, 3.05) is 5.32 Å². The van der Waals surface area contributed by atoms with Crippen molar-refractivity contribution in [1.29, 1.82) is 0 Å². The molecule has 0 unspecified atom stereocenters. The topological polar surface area (TPSA) is 120 Å². The van der Waals surface area contributed by atoms with Crippen LogP contribution in [0.4, 0.5) is 11.4 Å². The van der Waals surface area contributed by atoms with Crippen LogP contribution < -0.4 is 10.1 Å². The normalized spacial score (nSPS) is 10.5. The van der Waals surface area contributed by atoms with E-state index in [2.05, 4.69) is 10.4 Å². The summed E-state index contributed by atoms with van der Waals surface area (Å²) in [5, 5.41) is 27.2. The first kappa shape index (κ1) is 18.9. The van der Waals surface area contributed by atoms with E-state index in [0.29, 0.717) is 5.75 Å². The Morgan fingerprint density at radius 1 is 1.21 bits per heavy atom. The average Bonchev–Trinajstić information content (AvgIpc) is 3.10. The molecule has 28 heavy (non-hydrogen) atoms. The first-order valence-corrected chi connectivity index (χ1v) is 8.35. The Labute approximate surface area is 160 Å². The molecule has 9 heteroatoms. The van der Waals surface area contributed by atoms with Crippen molar-refractivity contribution in [1.82, 2.24) is 9.78 Å². The number of anilines is 1. The summed E-state index contributed by atoms with van der Waals surface area (Å²) in [5.74, 6) is -0.196. The molecule has 0 aliphatic rings. The third-order valence-corrected chi connectivity index (χ3v) is 3.87. The minimum Gasteiger partial charge on any atom is -0.506 e. The summed E-state index contributed by atoms with van der Waals surface area (Å²) < 4.78 is 7.12. The first-order chi connectivity index (χ1) is 13.3. The van der Waals surface area contributed by atoms with Crippen molar-refractivity contribution in [2.45, 2.75) is 20.6 Å². The van der Waals surface area contributed by atoms with Gasteiger partial charge in [-0.1, -0.05) is 6.07 Å². The fraction of sp³-hybridized carbons (Fsp3) is 0.158. The number of amides is 1. The zero-order chi connectivity index (χ0) is 20.3. The highest BCUT2D eigenvalue weighted by Crippen LogP contribution is 2.28. The predicted octanol–water partition coefficient (Wildman–Crippen LogP) is 3.40. The number of ether oxygens (including phenoxy) is 1. The lowest BCUT2D eigenvalue weighted by Crippen LogP contribution is -2.14. The Balaban J connectivity index is 1.67. The lowest BCUT2D eigenvalue weighted by Gasteiger charge is -2.08. The van der Waals surface area contributed by atoms with E-state index in [9.17, 15) is 20.0 Å². The average molecular weight is 382 g/mol. The smallest absolute Gasteiger partial charge is 0.276 e. The molecule has 144 valence electrons. The summed E-state index contributed by atoms with van der Waals surface area (Å²) in [6, 6.07) is 10.7. The van der Waals surface area contributed by atoms with E-state index in [1.807, 2.05) is 32.0 Å². The van der Waals surface area contributed by atoms with Crippen LogP contribution in [0.1, 0.15) is 21.6 Å². The number of benzene rings is 2. The third-order valence-electron chi connectivity index (χ3n) is 3.87. The quantitative estimate of drug-likeness (QED) is 0.383. The van der Waals surface area contributed by atoms with Crippen LogP contribution in [0, 0.1) is 24.0 Å². The van der Waals surface area contributed by atoms with E-state index in [0.717, 1.165) is 29.3 Å². The summed E-state index contributed by atoms with van der Waals surface area (Å²) in [7, 11) is 0. The molecule has 0 saturated heterocycles. The van der Waals surface area contributed by atoms with Crippen molar-refractivity contribution in [3.05, 3.63) is 75.6 Å². The Kier molecular flexibility index (Phi) is 5.25. The van der Waals surface area contributed by atoms with Crippen LogP contribution in [-0.2, 0) is 6.73 Å². The number of aryl methyl sites for hydroxylation is 2. The molecule has 0 spiro atoms. The number of carbonyl (C=O) groups is 1. The minimum atomic E-state index is -0.617. The fourth-order valence-electron chi connectivity index (χ4n) is 2.64. The summed E-state index contributed by atoms with van der Waals surface area (Å²) in [5.41, 5.74) is 1.91. The van der Waals surface area contributed by atoms with Crippen molar-refractivity contribution < 1.29 is 19.6 Å². The number of nitrogens with zero attached hydrogens (tertiary/aromatic N) is 3. The molecular formula is C19H18N4O5. The first-order valence-electron chi connectivity index (χ1n) is 8.35. The van der Waals surface area contributed by atoms with Crippen LogP contribution in [0.3, 0.4) is 0 Å². The van der Waals surface area contributed by atoms with Gasteiger partial charge in [-0.15, -0.1) is 0 Å². The van der Waals surface area contributed by atoms with Gasteiger partial charge in [0.15, 0.2) is 12.4 Å². The molecule has 0 aliphatic carbocycles. The van der Waals surface area contributed by atoms with Crippen LogP contribution in [0.25, 0.3) is 0 Å². The molecule has 1 aromatic heterocycles. The molecule has 0 saturated carbocycles. The third kappa shape index (κ3) is 4.44. The van der Waals surface area contributed by atoms with E-state index >= 15 is 0 Å². The second kappa shape index (κ2) is 7.78. The molecule has 0 aliphatic heterocycles. The Morgan fingerprint density at radius 2 is 1.93 bits per heavy atom. The molecular weight excluding hydrogens is 364 g/mol. The fourth-order valence-corrected chi connectivity index (χ4v) is 2.64. The molecule has 9 nitrogen and oxygen atoms in total. The number of hydrogen-bond donors (Lipinski definition) is 2. The zero-order valence-electron chi connectivity index (χ0n) is 15.2. The van der Waals surface area contributed by atoms with E-state index in [1.54, 1.807) is 6.20 Å². The van der Waals surface area contributed by atoms with E-state index < -0.39 is 10.8 Å². The van der Waals surface area contributed by atoms with Crippen molar-refractivity contribution >= 4 is 17.3 Å². The van der Waals surface area contributed by atoms with Gasteiger partial charge in [-0.3, -0.25) is 14.9 Å². The largest absolute Gasteiger partial charge is 0.506 e. The van der Waals surface area contributed by atoms with E-state index in [4.69, 9.17) is 4.74 Å². The maximum absolute atomic E-state index is 12.3. The lowest BCUT2D eigenvalue weighted by atomic mass is 10.1. The molecule has 2 N–H and O–H groups in total. The van der Waals surface area contributed by atoms with Crippen LogP contribution >= 0.6 is 0 Å². The number of hydrogen-bond acceptors (Lipinski definition) is 6. The number of nitro groups is 1. The molecule has 3 rings (SSSR count). The van der Waals surface area contributed by atoms with Gasteiger partial charge >= 0.3 is 0 Å². The number of nitro benzene ring substituents is 1. The second-order valence-corrected chi connectivity index (χ2v) is 6.25. The van der Waals surface area contributed by atoms with Gasteiger partial charge in [0.1, 0.15) is 11.5 Å². The Bertz CT molecular complexity index is 1020. The van der Waals surface area contributed by atoms with Gasteiger partial charge in [0, 0.05) is 18.3 Å². The standard InChI is InChI=1S/C19H18N4O5/c1-12-7-13(2)9-15(8-12)28-11-22-6-5-16(21-22)19(25)20-17-10-14(23(26)27)3-4-18(17)24/h3-10,24H,11H2,1-2H3,(H,20,25). The molecule has 1 heterocycles. The van der Waals surface area contributed by atoms with Gasteiger partial charge in [-0.25, -0.2) is 4.68 Å². The lowest BCUT2D eigenvalue weighted by molar-refractivity contribution is -0.384. The van der Waals surface area contributed by atoms with Crippen molar-refractivity contribution in [2.24, 2.45) is 0 Å². The van der Waals surface area contributed by atoms with Gasteiger partial charge in [-0.05, 0) is 49.2 Å². The number of nitrogens with one attached hydrogen (secondary N) is 1. The van der Waals surface area contributed by atoms with Gasteiger partial charge in [0.05, 0.1) is 10.6 Å². The van der Waals surface area contributed by atoms with Crippen LogP contribution in [0.15, 0.2) is 48.7 Å². The van der Waals surface area contributed by atoms with Gasteiger partial charge in [-0.2, -0.15) is 5.10 Å². The monoisotopic (exact) mass is 382 g/mol. The highest BCUT2D eigenvalue weighted by atomic mass is 16.6. The number of rotatable bonds is 6. The summed E-state index contributed by atoms with van der Waals surface area (Å²) in [4.78, 5) is 22.5. The molecule has 3 aromatic rings. The summed E-state index contributed by atoms with van der Waals surface area (Å²) >= 11 is 0. The highest BCUT2D eigenvalue weighted by molar-refractivity contribution is 6.03. The van der Waals surface area contributed by atoms with Crippen LogP contribution in [-0.4, -0.2) is 25.7 Å². The molecule has 2 aromatic carbocycles. The Morgan fingerprint density at radius 3 is 2.61 bits per heavy atom. The number of aromatic hydroxyl groups is 1. The maximum Gasteiger partial charge on any atom is 0.276 e. The van der Waals surface area contributed by atoms with Crippen molar-refractivity contribution in [3.63, 3.8) is 0 Å². The molecule has 0 radical (unpaired) electrons. The zero-order valence-corrected chi connectivity index (χ0v) is 15.2. The molecule has 0 fully saturated rings. The number of phenols is 1. The summed E-state index contributed by atoms with van der Waals surface area (Å²) in [6.45, 7) is 4.05. The van der Waals surface area contributed by atoms with Crippen molar-refractivity contribution in [3.8, 4) is 11.5 Å². The molecule has 0 bridgehead atoms. The van der Waals surface area contributed by atoms with E-state index in [1.165, 1.54) is 10.7 Å². The van der Waals surface area contributed by atoms with Gasteiger partial charge in [0.2, 0.25) is 0 Å². The number of phenolic OH excluding ortho intramolecular Hbond substituents is 1. The minimum absolute atomic E-state index is 0.0692. The van der Waals surface area contributed by atoms with Crippen LogP contribution in [0.5, 0.6) is 11.5 Å². The summed E-state index contributed by atoms with van der Waals surface area (Å²) in [6.07, 6.45) is 1.57. The SMILES string of the molecule is Cc1cc(C)cc(OCn2ccc(C(=O)Nc3cc([N+](=O)[O-])ccc3O)n2)c1. The second-order valence-electron chi connectivity index (χ2n) is 6.25.